The van der Waals surface area contributed by atoms with E-state index >= 15 is 0 Å². The van der Waals surface area contributed by atoms with Crippen molar-refractivity contribution in [3.8, 4) is 0 Å². The second kappa shape index (κ2) is 17.9. The number of hydrogen-bond acceptors (Lipinski definition) is 3. The van der Waals surface area contributed by atoms with E-state index in [1.807, 2.05) is 12.2 Å². The van der Waals surface area contributed by atoms with Gasteiger partial charge < -0.3 is 9.90 Å². The molecule has 1 unspecified atom stereocenters. The van der Waals surface area contributed by atoms with Crippen LogP contribution in [-0.2, 0) is 4.79 Å². The Morgan fingerprint density at radius 3 is 1.65 bits per heavy atom. The quantitative estimate of drug-likeness (QED) is 0.239. The van der Waals surface area contributed by atoms with Crippen LogP contribution in [0.4, 0.5) is 0 Å². The number of carboxylic acid groups (broad SMARTS) is 1. The molecule has 1 atom stereocenters. The molecule has 0 heterocycles. The summed E-state index contributed by atoms with van der Waals surface area (Å²) in [6.07, 6.45) is 15.2. The van der Waals surface area contributed by atoms with Gasteiger partial charge in [0.25, 0.3) is 0 Å². The minimum absolute atomic E-state index is 0. The fraction of sp³-hybridized carbons (Fsp3) is 0.737. The van der Waals surface area contributed by atoms with E-state index in [1.165, 1.54) is 25.7 Å². The fourth-order valence-electron chi connectivity index (χ4n) is 2.56. The Bertz CT molecular complexity index is 288. The predicted molar refractivity (Wildman–Crippen MR) is 92.6 cm³/mol. The number of unbranched alkanes of at least 4 members (excludes halogenated alkanes) is 8. The molecule has 0 N–H and O–H groups in total. The zero-order valence-electron chi connectivity index (χ0n) is 15.4. The van der Waals surface area contributed by atoms with Crippen molar-refractivity contribution in [1.82, 2.24) is 4.90 Å². The van der Waals surface area contributed by atoms with Crippen molar-refractivity contribution in [2.24, 2.45) is 0 Å². The average molecular weight is 315 g/mol. The molecule has 23 heavy (non-hydrogen) atoms. The number of aliphatic carboxylic acids is 1. The first-order valence-electron chi connectivity index (χ1n) is 8.80. The number of carbonyl (C=O) groups excluding carboxylic acids is 1. The average Bonchev–Trinajstić information content (AvgIpc) is 2.51. The SMILES string of the molecule is C=CCCCCCCN(CCCCCCC=C)C(C)C(=O)[O-].[Li+]. The summed E-state index contributed by atoms with van der Waals surface area (Å²) in [5, 5.41) is 11.1. The molecule has 128 valence electrons. The molecular weight excluding hydrogens is 281 g/mol. The zero-order chi connectivity index (χ0) is 16.6. The first-order chi connectivity index (χ1) is 10.6. The van der Waals surface area contributed by atoms with Crippen LogP contribution < -0.4 is 24.0 Å². The number of hydrogen-bond donors (Lipinski definition) is 0. The van der Waals surface area contributed by atoms with Crippen molar-refractivity contribution in [2.75, 3.05) is 13.1 Å². The van der Waals surface area contributed by atoms with Crippen molar-refractivity contribution < 1.29 is 28.8 Å². The maximum atomic E-state index is 11.1. The summed E-state index contributed by atoms with van der Waals surface area (Å²) in [4.78, 5) is 13.2. The van der Waals surface area contributed by atoms with Crippen molar-refractivity contribution in [1.29, 1.82) is 0 Å². The summed E-state index contributed by atoms with van der Waals surface area (Å²) in [5.41, 5.74) is 0. The Kier molecular flexibility index (Phi) is 19.2. The molecule has 0 aromatic rings. The van der Waals surface area contributed by atoms with E-state index in [9.17, 15) is 9.90 Å². The van der Waals surface area contributed by atoms with E-state index in [0.717, 1.165) is 51.6 Å². The van der Waals surface area contributed by atoms with Crippen LogP contribution in [0.2, 0.25) is 0 Å². The summed E-state index contributed by atoms with van der Waals surface area (Å²) in [6.45, 7) is 10.9. The van der Waals surface area contributed by atoms with Crippen LogP contribution in [0.25, 0.3) is 0 Å². The summed E-state index contributed by atoms with van der Waals surface area (Å²) in [5.74, 6) is -0.960. The Hall–Kier alpha value is -0.493. The molecule has 0 fully saturated rings. The van der Waals surface area contributed by atoms with Gasteiger partial charge in [0.1, 0.15) is 0 Å². The molecule has 0 saturated heterocycles. The van der Waals surface area contributed by atoms with Crippen molar-refractivity contribution in [3.63, 3.8) is 0 Å². The van der Waals surface area contributed by atoms with Gasteiger partial charge in [-0.05, 0) is 58.5 Å². The van der Waals surface area contributed by atoms with Gasteiger partial charge in [-0.2, -0.15) is 0 Å². The number of carbonyl (C=O) groups is 1. The fourth-order valence-corrected chi connectivity index (χ4v) is 2.56. The molecule has 0 aliphatic heterocycles. The monoisotopic (exact) mass is 315 g/mol. The molecule has 4 heteroatoms. The number of carboxylic acids is 1. The molecule has 0 spiro atoms. The Morgan fingerprint density at radius 1 is 0.913 bits per heavy atom. The van der Waals surface area contributed by atoms with Crippen LogP contribution in [0.15, 0.2) is 25.3 Å². The smallest absolute Gasteiger partial charge is 0.548 e. The molecular formula is C19H34LiNO2. The molecule has 0 amide bonds. The summed E-state index contributed by atoms with van der Waals surface area (Å²) in [6, 6.07) is -0.485. The van der Waals surface area contributed by atoms with Gasteiger partial charge in [-0.3, -0.25) is 4.90 Å². The molecule has 0 aromatic carbocycles. The van der Waals surface area contributed by atoms with E-state index in [4.69, 9.17) is 0 Å². The third-order valence-electron chi connectivity index (χ3n) is 4.10. The minimum atomic E-state index is -0.960. The Balaban J connectivity index is 0. The van der Waals surface area contributed by atoms with Crippen molar-refractivity contribution >= 4 is 5.97 Å². The van der Waals surface area contributed by atoms with Crippen LogP contribution in [0.5, 0.6) is 0 Å². The number of allylic oxidation sites excluding steroid dienone is 2. The van der Waals surface area contributed by atoms with E-state index in [1.54, 1.807) is 6.92 Å². The van der Waals surface area contributed by atoms with Crippen LogP contribution >= 0.6 is 0 Å². The van der Waals surface area contributed by atoms with Gasteiger partial charge in [-0.25, -0.2) is 0 Å². The van der Waals surface area contributed by atoms with Gasteiger partial charge in [-0.1, -0.05) is 37.8 Å². The van der Waals surface area contributed by atoms with E-state index in [0.29, 0.717) is 0 Å². The van der Waals surface area contributed by atoms with Crippen LogP contribution in [-0.4, -0.2) is 30.0 Å². The third kappa shape index (κ3) is 14.8. The van der Waals surface area contributed by atoms with Gasteiger partial charge in [0, 0.05) is 6.04 Å². The molecule has 0 saturated carbocycles. The second-order valence-corrected chi connectivity index (χ2v) is 6.01. The zero-order valence-corrected chi connectivity index (χ0v) is 15.4. The molecule has 0 radical (unpaired) electrons. The van der Waals surface area contributed by atoms with E-state index < -0.39 is 12.0 Å². The van der Waals surface area contributed by atoms with E-state index in [-0.39, 0.29) is 18.9 Å². The summed E-state index contributed by atoms with van der Waals surface area (Å²) < 4.78 is 0. The van der Waals surface area contributed by atoms with Gasteiger partial charge in [-0.15, -0.1) is 13.2 Å². The third-order valence-corrected chi connectivity index (χ3v) is 4.10. The summed E-state index contributed by atoms with van der Waals surface area (Å²) >= 11 is 0. The maximum Gasteiger partial charge on any atom is 1.00 e. The number of nitrogens with zero attached hydrogens (tertiary/aromatic N) is 1. The first-order valence-corrected chi connectivity index (χ1v) is 8.80. The van der Waals surface area contributed by atoms with Crippen molar-refractivity contribution in [3.05, 3.63) is 25.3 Å². The van der Waals surface area contributed by atoms with Crippen LogP contribution in [0.1, 0.15) is 71.1 Å². The predicted octanol–water partition coefficient (Wildman–Crippen LogP) is 0.704. The first kappa shape index (κ1) is 24.8. The molecule has 0 aliphatic carbocycles. The standard InChI is InChI=1S/C19H35NO2.Li/c1-4-6-8-10-12-14-16-20(18(3)19(21)22)17-15-13-11-9-7-5-2;/h4-5,18H,1-2,6-17H2,3H3,(H,21,22);/q;+1/p-1. The Morgan fingerprint density at radius 2 is 1.30 bits per heavy atom. The molecule has 0 aliphatic rings. The topological polar surface area (TPSA) is 43.4 Å². The van der Waals surface area contributed by atoms with Gasteiger partial charge in [0.05, 0.1) is 5.97 Å². The normalized spacial score (nSPS) is 11.7. The van der Waals surface area contributed by atoms with Gasteiger partial charge in [0.2, 0.25) is 0 Å². The molecule has 0 aromatic heterocycles. The molecule has 0 bridgehead atoms. The van der Waals surface area contributed by atoms with Crippen molar-refractivity contribution in [2.45, 2.75) is 77.2 Å². The maximum absolute atomic E-state index is 11.1. The second-order valence-electron chi connectivity index (χ2n) is 6.01. The van der Waals surface area contributed by atoms with Gasteiger partial charge >= 0.3 is 18.9 Å². The van der Waals surface area contributed by atoms with Gasteiger partial charge in [0.15, 0.2) is 0 Å². The van der Waals surface area contributed by atoms with Crippen LogP contribution in [0, 0.1) is 0 Å². The minimum Gasteiger partial charge on any atom is -0.548 e. The summed E-state index contributed by atoms with van der Waals surface area (Å²) in [7, 11) is 0. The van der Waals surface area contributed by atoms with E-state index in [2.05, 4.69) is 18.1 Å². The molecule has 0 rings (SSSR count). The van der Waals surface area contributed by atoms with Crippen LogP contribution in [0.3, 0.4) is 0 Å². The Labute approximate surface area is 155 Å². The molecule has 3 nitrogen and oxygen atoms in total. The number of rotatable bonds is 16. The largest absolute Gasteiger partial charge is 1.00 e.